The van der Waals surface area contributed by atoms with Crippen molar-refractivity contribution in [3.8, 4) is 5.75 Å². The van der Waals surface area contributed by atoms with Crippen LogP contribution in [0.15, 0.2) is 34.3 Å². The first-order valence-corrected chi connectivity index (χ1v) is 19.7. The van der Waals surface area contributed by atoms with Gasteiger partial charge in [0.05, 0.1) is 6.04 Å². The van der Waals surface area contributed by atoms with E-state index in [1.54, 1.807) is 19.1 Å². The van der Waals surface area contributed by atoms with Gasteiger partial charge in [0.2, 0.25) is 29.5 Å². The summed E-state index contributed by atoms with van der Waals surface area (Å²) in [7, 11) is 0. The first kappa shape index (κ1) is 48.5. The van der Waals surface area contributed by atoms with Crippen LogP contribution in [0.3, 0.4) is 0 Å². The highest BCUT2D eigenvalue weighted by molar-refractivity contribution is 5.96. The molecule has 16 N–H and O–H groups in total. The van der Waals surface area contributed by atoms with Crippen LogP contribution < -0.4 is 49.9 Å². The molecule has 1 aromatic rings. The zero-order valence-electron chi connectivity index (χ0n) is 34.0. The van der Waals surface area contributed by atoms with Gasteiger partial charge in [-0.05, 0) is 74.5 Å². The summed E-state index contributed by atoms with van der Waals surface area (Å²) in [5, 5.41) is 30.4. The van der Waals surface area contributed by atoms with Crippen molar-refractivity contribution >= 4 is 47.4 Å². The van der Waals surface area contributed by atoms with Crippen LogP contribution in [-0.2, 0) is 35.2 Å². The normalized spacial score (nSPS) is 16.8. The molecule has 0 saturated carbocycles. The number of guanidine groups is 2. The Morgan fingerprint density at radius 1 is 0.810 bits per heavy atom. The molecule has 1 heterocycles. The molecule has 1 aromatic carbocycles. The molecule has 1 saturated heterocycles. The Balaban J connectivity index is 2.36. The van der Waals surface area contributed by atoms with Crippen molar-refractivity contribution in [2.75, 3.05) is 19.6 Å². The van der Waals surface area contributed by atoms with Crippen LogP contribution in [-0.4, -0.2) is 118 Å². The molecule has 0 spiro atoms. The number of phenols is 1. The summed E-state index contributed by atoms with van der Waals surface area (Å²) in [6.07, 6.45) is 2.36. The lowest BCUT2D eigenvalue weighted by molar-refractivity contribution is -0.143. The van der Waals surface area contributed by atoms with Crippen molar-refractivity contribution in [3.05, 3.63) is 29.8 Å². The van der Waals surface area contributed by atoms with Crippen LogP contribution in [0.5, 0.6) is 5.75 Å². The largest absolute Gasteiger partial charge is 0.508 e. The summed E-state index contributed by atoms with van der Waals surface area (Å²) >= 11 is 0. The summed E-state index contributed by atoms with van der Waals surface area (Å²) in [6, 6.07) is -0.652. The third kappa shape index (κ3) is 16.4. The number of hydrogen-bond acceptors (Lipinski definition) is 10. The number of benzene rings is 1. The number of aliphatic carboxylic acids is 1. The lowest BCUT2D eigenvalue weighted by Gasteiger charge is -2.31. The molecular weight excluding hydrogens is 752 g/mol. The fourth-order valence-corrected chi connectivity index (χ4v) is 6.45. The Hall–Kier alpha value is -5.66. The number of nitrogens with two attached hydrogens (primary N) is 5. The highest BCUT2D eigenvalue weighted by atomic mass is 16.4. The second-order valence-electron chi connectivity index (χ2n) is 15.1. The molecule has 20 heteroatoms. The fourth-order valence-electron chi connectivity index (χ4n) is 6.45. The molecule has 1 aliphatic rings. The number of nitrogens with one attached hydrogen (secondary N) is 4. The molecule has 0 aliphatic carbocycles. The van der Waals surface area contributed by atoms with Gasteiger partial charge in [0, 0.05) is 26.1 Å². The van der Waals surface area contributed by atoms with Gasteiger partial charge in [-0.15, -0.1) is 0 Å². The monoisotopic (exact) mass is 816 g/mol. The van der Waals surface area contributed by atoms with Gasteiger partial charge < -0.3 is 65.0 Å². The molecule has 5 amide bonds. The number of carboxylic acid groups (broad SMARTS) is 1. The van der Waals surface area contributed by atoms with Gasteiger partial charge in [0.1, 0.15) is 36.0 Å². The van der Waals surface area contributed by atoms with Gasteiger partial charge in [0.25, 0.3) is 0 Å². The Morgan fingerprint density at radius 3 is 1.95 bits per heavy atom. The second kappa shape index (κ2) is 24.2. The third-order valence-electron chi connectivity index (χ3n) is 9.83. The number of phenolic OH excluding ortho intramolecular Hbond substituents is 1. The van der Waals surface area contributed by atoms with Crippen LogP contribution in [0, 0.1) is 11.8 Å². The predicted octanol–water partition coefficient (Wildman–Crippen LogP) is -1.52. The quantitative estimate of drug-likeness (QED) is 0.0321. The first-order valence-electron chi connectivity index (χ1n) is 19.7. The van der Waals surface area contributed by atoms with Crippen molar-refractivity contribution in [2.24, 2.45) is 50.5 Å². The SMILES string of the molecule is CC[C@H](C)[C@H](NC(=O)[C@H](Cc1ccc(O)cc1)NC(=O)[C@@H]1CCCN1C(=O)[C@@H](CCCN=C(N)N)NC(=O)[C@@H](N)CCCN=C(N)N)C(=O)N[C@@H](CC(C)C)C(=O)O. The van der Waals surface area contributed by atoms with E-state index < -0.39 is 77.7 Å². The molecule has 0 unspecified atom stereocenters. The van der Waals surface area contributed by atoms with Crippen molar-refractivity contribution in [1.82, 2.24) is 26.2 Å². The van der Waals surface area contributed by atoms with E-state index in [2.05, 4.69) is 31.3 Å². The minimum absolute atomic E-state index is 0.0105. The number of likely N-dealkylation sites (tertiary alicyclic amines) is 1. The number of aromatic hydroxyl groups is 1. The number of hydrogen-bond donors (Lipinski definition) is 11. The number of nitrogens with zero attached hydrogens (tertiary/aromatic N) is 3. The van der Waals surface area contributed by atoms with E-state index >= 15 is 0 Å². The first-order chi connectivity index (χ1) is 27.3. The van der Waals surface area contributed by atoms with E-state index in [-0.39, 0.29) is 75.3 Å². The van der Waals surface area contributed by atoms with E-state index in [9.17, 15) is 39.0 Å². The summed E-state index contributed by atoms with van der Waals surface area (Å²) in [5.41, 5.74) is 28.3. The number of rotatable bonds is 24. The smallest absolute Gasteiger partial charge is 0.326 e. The van der Waals surface area contributed by atoms with Crippen molar-refractivity contribution in [2.45, 2.75) is 122 Å². The molecule has 7 atom stereocenters. The minimum atomic E-state index is -1.26. The summed E-state index contributed by atoms with van der Waals surface area (Å²) in [4.78, 5) is 90.1. The lowest BCUT2D eigenvalue weighted by atomic mass is 9.96. The number of carbonyl (C=O) groups excluding carboxylic acids is 5. The molecule has 324 valence electrons. The van der Waals surface area contributed by atoms with Gasteiger partial charge >= 0.3 is 5.97 Å². The Kier molecular flexibility index (Phi) is 20.2. The van der Waals surface area contributed by atoms with E-state index in [1.807, 2.05) is 20.8 Å². The summed E-state index contributed by atoms with van der Waals surface area (Å²) in [6.45, 7) is 7.84. The molecule has 0 radical (unpaired) electrons. The number of carboxylic acids is 1. The van der Waals surface area contributed by atoms with E-state index in [0.29, 0.717) is 31.2 Å². The topological polar surface area (TPSA) is 349 Å². The summed E-state index contributed by atoms with van der Waals surface area (Å²) in [5.74, 6) is -5.06. The van der Waals surface area contributed by atoms with Crippen LogP contribution >= 0.6 is 0 Å². The van der Waals surface area contributed by atoms with E-state index in [1.165, 1.54) is 17.0 Å². The van der Waals surface area contributed by atoms with Crippen molar-refractivity contribution in [1.29, 1.82) is 0 Å². The van der Waals surface area contributed by atoms with Crippen LogP contribution in [0.4, 0.5) is 0 Å². The highest BCUT2D eigenvalue weighted by Crippen LogP contribution is 2.21. The molecule has 0 aromatic heterocycles. The predicted molar refractivity (Wildman–Crippen MR) is 219 cm³/mol. The Morgan fingerprint density at radius 2 is 1.40 bits per heavy atom. The Bertz CT molecular complexity index is 1600. The maximum atomic E-state index is 14.1. The fraction of sp³-hybridized carbons (Fsp3) is 0.632. The van der Waals surface area contributed by atoms with Gasteiger partial charge in [0.15, 0.2) is 11.9 Å². The lowest BCUT2D eigenvalue weighted by Crippen LogP contribution is -2.60. The number of aliphatic imine (C=N–C) groups is 2. The average Bonchev–Trinajstić information content (AvgIpc) is 3.66. The molecule has 0 bridgehead atoms. The van der Waals surface area contributed by atoms with Crippen LogP contribution in [0.1, 0.15) is 84.6 Å². The molecule has 2 rings (SSSR count). The van der Waals surface area contributed by atoms with Gasteiger partial charge in [-0.2, -0.15) is 0 Å². The molecule has 1 aliphatic heterocycles. The second-order valence-corrected chi connectivity index (χ2v) is 15.1. The Labute approximate surface area is 339 Å². The van der Waals surface area contributed by atoms with Crippen molar-refractivity contribution < 1.29 is 39.0 Å². The van der Waals surface area contributed by atoms with Gasteiger partial charge in [-0.25, -0.2) is 4.79 Å². The zero-order chi connectivity index (χ0) is 43.5. The minimum Gasteiger partial charge on any atom is -0.508 e. The summed E-state index contributed by atoms with van der Waals surface area (Å²) < 4.78 is 0. The van der Waals surface area contributed by atoms with Gasteiger partial charge in [-0.1, -0.05) is 46.2 Å². The van der Waals surface area contributed by atoms with Crippen LogP contribution in [0.2, 0.25) is 0 Å². The van der Waals surface area contributed by atoms with Gasteiger partial charge in [-0.3, -0.25) is 34.0 Å². The average molecular weight is 817 g/mol. The zero-order valence-corrected chi connectivity index (χ0v) is 34.0. The van der Waals surface area contributed by atoms with Crippen LogP contribution in [0.25, 0.3) is 0 Å². The molecule has 20 nitrogen and oxygen atoms in total. The number of carbonyl (C=O) groups is 6. The molecular formula is C38H64N12O8. The number of amides is 5. The van der Waals surface area contributed by atoms with Crippen molar-refractivity contribution in [3.63, 3.8) is 0 Å². The maximum Gasteiger partial charge on any atom is 0.326 e. The maximum absolute atomic E-state index is 14.1. The van der Waals surface area contributed by atoms with E-state index in [0.717, 1.165) is 0 Å². The molecule has 58 heavy (non-hydrogen) atoms. The highest BCUT2D eigenvalue weighted by Gasteiger charge is 2.40. The third-order valence-corrected chi connectivity index (χ3v) is 9.83. The molecule has 1 fully saturated rings. The van der Waals surface area contributed by atoms with E-state index in [4.69, 9.17) is 28.7 Å². The standard InChI is InChI=1S/C38H64N12O8/c1-5-22(4)30(34(55)48-28(36(57)58)19-21(2)3)49-32(53)27(20-23-12-14-24(51)15-13-23)47-33(54)29-11-8-18-50(29)35(56)26(10-7-17-45-38(42)43)46-31(52)25(39)9-6-16-44-37(40)41/h12-15,21-22,25-30,51H,5-11,16-20,39H2,1-4H3,(H,46,52)(H,47,54)(H,48,55)(H,49,53)(H,57,58)(H4,40,41,44)(H4,42,43,45)/t22-,25-,26+,27-,28-,29-,30-/m0/s1.